The monoisotopic (exact) mass is 429 g/mol. The predicted octanol–water partition coefficient (Wildman–Crippen LogP) is 6.61. The number of carbonyl (C=O) groups is 2. The molecule has 5 nitrogen and oxygen atoms in total. The Morgan fingerprint density at radius 1 is 0.688 bits per heavy atom. The van der Waals surface area contributed by atoms with Crippen molar-refractivity contribution in [3.05, 3.63) is 89.2 Å². The molecule has 5 heteroatoms. The van der Waals surface area contributed by atoms with Crippen LogP contribution in [0.1, 0.15) is 84.5 Å². The lowest BCUT2D eigenvalue weighted by Gasteiger charge is -2.11. The van der Waals surface area contributed by atoms with E-state index in [2.05, 4.69) is 43.3 Å². The number of benzene rings is 2. The highest BCUT2D eigenvalue weighted by Crippen LogP contribution is 2.22. The molecule has 0 aliphatic heterocycles. The second-order valence-corrected chi connectivity index (χ2v) is 8.18. The minimum Gasteiger partial charge on any atom is -0.321 e. The van der Waals surface area contributed by atoms with E-state index in [-0.39, 0.29) is 23.2 Å². The third-order valence-corrected chi connectivity index (χ3v) is 5.91. The summed E-state index contributed by atoms with van der Waals surface area (Å²) in [5.74, 6) is 0.244. The molecule has 0 fully saturated rings. The van der Waals surface area contributed by atoms with Crippen LogP contribution in [0.2, 0.25) is 0 Å². The minimum absolute atomic E-state index is 0.191. The minimum atomic E-state index is -0.353. The summed E-state index contributed by atoms with van der Waals surface area (Å²) in [4.78, 5) is 29.6. The van der Waals surface area contributed by atoms with Crippen LogP contribution in [0.15, 0.2) is 66.7 Å². The van der Waals surface area contributed by atoms with Gasteiger partial charge in [-0.15, -0.1) is 0 Å². The highest BCUT2D eigenvalue weighted by atomic mass is 16.2. The van der Waals surface area contributed by atoms with E-state index in [0.717, 1.165) is 12.8 Å². The van der Waals surface area contributed by atoms with Gasteiger partial charge in [-0.1, -0.05) is 58.0 Å². The summed E-state index contributed by atoms with van der Waals surface area (Å²) >= 11 is 0. The Kier molecular flexibility index (Phi) is 7.77. The molecule has 0 saturated heterocycles. The van der Waals surface area contributed by atoms with E-state index in [1.54, 1.807) is 18.2 Å². The van der Waals surface area contributed by atoms with Crippen molar-refractivity contribution < 1.29 is 9.59 Å². The smallest absolute Gasteiger partial charge is 0.274 e. The van der Waals surface area contributed by atoms with Crippen LogP contribution in [-0.2, 0) is 0 Å². The standard InChI is InChI=1S/C27H31N3O2/c1-5-18(3)20-10-14-22(15-11-20)28-26(31)24-8-7-9-25(30-24)27(32)29-23-16-12-21(13-17-23)19(4)6-2/h7-19H,5-6H2,1-4H3,(H,28,31)(H,29,32)/t18-,19+. The number of rotatable bonds is 8. The lowest BCUT2D eigenvalue weighted by atomic mass is 9.98. The Labute approximate surface area is 190 Å². The Morgan fingerprint density at radius 2 is 1.06 bits per heavy atom. The normalized spacial score (nSPS) is 12.6. The zero-order valence-electron chi connectivity index (χ0n) is 19.2. The van der Waals surface area contributed by atoms with E-state index in [4.69, 9.17) is 0 Å². The molecule has 0 bridgehead atoms. The SMILES string of the molecule is CC[C@@H](C)c1ccc(NC(=O)c2cccc(C(=O)Nc3ccc([C@@H](C)CC)cc3)n2)cc1. The second-order valence-electron chi connectivity index (χ2n) is 8.18. The summed E-state index contributed by atoms with van der Waals surface area (Å²) in [6.45, 7) is 8.65. The molecule has 2 aromatic carbocycles. The third-order valence-electron chi connectivity index (χ3n) is 5.91. The lowest BCUT2D eigenvalue weighted by Crippen LogP contribution is -2.18. The van der Waals surface area contributed by atoms with Crippen molar-refractivity contribution in [3.63, 3.8) is 0 Å². The Hall–Kier alpha value is -3.47. The molecule has 0 radical (unpaired) electrons. The molecule has 2 atom stereocenters. The number of nitrogens with one attached hydrogen (secondary N) is 2. The quantitative estimate of drug-likeness (QED) is 0.423. The van der Waals surface area contributed by atoms with Gasteiger partial charge in [-0.2, -0.15) is 0 Å². The molecule has 0 saturated carbocycles. The zero-order valence-corrected chi connectivity index (χ0v) is 19.2. The fraction of sp³-hybridized carbons (Fsp3) is 0.296. The Morgan fingerprint density at radius 3 is 1.41 bits per heavy atom. The van der Waals surface area contributed by atoms with Crippen LogP contribution < -0.4 is 10.6 Å². The van der Waals surface area contributed by atoms with Crippen molar-refractivity contribution in [3.8, 4) is 0 Å². The molecule has 3 aromatic rings. The van der Waals surface area contributed by atoms with Crippen LogP contribution >= 0.6 is 0 Å². The highest BCUT2D eigenvalue weighted by Gasteiger charge is 2.14. The molecule has 32 heavy (non-hydrogen) atoms. The van der Waals surface area contributed by atoms with Gasteiger partial charge in [0.15, 0.2) is 0 Å². The molecular formula is C27H31N3O2. The van der Waals surface area contributed by atoms with Crippen LogP contribution in [0.4, 0.5) is 11.4 Å². The average Bonchev–Trinajstić information content (AvgIpc) is 2.84. The number of anilines is 2. The van der Waals surface area contributed by atoms with Gasteiger partial charge in [0.1, 0.15) is 11.4 Å². The van der Waals surface area contributed by atoms with Crippen molar-refractivity contribution >= 4 is 23.2 Å². The molecule has 1 heterocycles. The number of amides is 2. The molecule has 0 spiro atoms. The first kappa shape index (κ1) is 23.2. The van der Waals surface area contributed by atoms with E-state index in [1.165, 1.54) is 11.1 Å². The van der Waals surface area contributed by atoms with Crippen molar-refractivity contribution in [1.29, 1.82) is 0 Å². The number of hydrogen-bond donors (Lipinski definition) is 2. The first-order valence-corrected chi connectivity index (χ1v) is 11.2. The summed E-state index contributed by atoms with van der Waals surface area (Å²) in [5.41, 5.74) is 4.24. The molecule has 2 amide bonds. The molecule has 0 unspecified atom stereocenters. The number of nitrogens with zero attached hydrogens (tertiary/aromatic N) is 1. The largest absolute Gasteiger partial charge is 0.321 e. The second kappa shape index (κ2) is 10.7. The van der Waals surface area contributed by atoms with Gasteiger partial charge in [0.2, 0.25) is 0 Å². The van der Waals surface area contributed by atoms with Crippen LogP contribution in [0.5, 0.6) is 0 Å². The van der Waals surface area contributed by atoms with Gasteiger partial charge in [-0.3, -0.25) is 9.59 Å². The summed E-state index contributed by atoms with van der Waals surface area (Å²) in [7, 11) is 0. The average molecular weight is 430 g/mol. The molecule has 0 aliphatic rings. The maximum Gasteiger partial charge on any atom is 0.274 e. The fourth-order valence-corrected chi connectivity index (χ4v) is 3.34. The number of pyridine rings is 1. The van der Waals surface area contributed by atoms with Gasteiger partial charge in [0.25, 0.3) is 11.8 Å². The molecule has 3 rings (SSSR count). The summed E-state index contributed by atoms with van der Waals surface area (Å²) in [6, 6.07) is 20.5. The van der Waals surface area contributed by atoms with Crippen LogP contribution in [0, 0.1) is 0 Å². The van der Waals surface area contributed by atoms with Gasteiger partial charge in [0, 0.05) is 11.4 Å². The predicted molar refractivity (Wildman–Crippen MR) is 130 cm³/mol. The fourth-order valence-electron chi connectivity index (χ4n) is 3.34. The first-order valence-electron chi connectivity index (χ1n) is 11.2. The zero-order chi connectivity index (χ0) is 23.1. The van der Waals surface area contributed by atoms with Gasteiger partial charge in [-0.25, -0.2) is 4.98 Å². The number of hydrogen-bond acceptors (Lipinski definition) is 3. The van der Waals surface area contributed by atoms with Gasteiger partial charge < -0.3 is 10.6 Å². The maximum atomic E-state index is 12.6. The van der Waals surface area contributed by atoms with Crippen LogP contribution in [0.25, 0.3) is 0 Å². The third kappa shape index (κ3) is 5.82. The summed E-state index contributed by atoms with van der Waals surface area (Å²) in [5, 5.41) is 5.69. The van der Waals surface area contributed by atoms with Crippen molar-refractivity contribution in [2.24, 2.45) is 0 Å². The van der Waals surface area contributed by atoms with E-state index >= 15 is 0 Å². The van der Waals surface area contributed by atoms with Gasteiger partial charge in [-0.05, 0) is 72.2 Å². The maximum absolute atomic E-state index is 12.6. The number of aromatic nitrogens is 1. The molecular weight excluding hydrogens is 398 g/mol. The summed E-state index contributed by atoms with van der Waals surface area (Å²) in [6.07, 6.45) is 2.12. The van der Waals surface area contributed by atoms with Gasteiger partial charge in [0.05, 0.1) is 0 Å². The van der Waals surface area contributed by atoms with Crippen LogP contribution in [0.3, 0.4) is 0 Å². The van der Waals surface area contributed by atoms with E-state index in [1.807, 2.05) is 48.5 Å². The highest BCUT2D eigenvalue weighted by molar-refractivity contribution is 6.06. The molecule has 166 valence electrons. The molecule has 1 aromatic heterocycles. The Balaban J connectivity index is 1.66. The van der Waals surface area contributed by atoms with Crippen molar-refractivity contribution in [2.45, 2.75) is 52.4 Å². The van der Waals surface area contributed by atoms with E-state index < -0.39 is 0 Å². The van der Waals surface area contributed by atoms with E-state index in [0.29, 0.717) is 23.2 Å². The Bertz CT molecular complexity index is 976. The lowest BCUT2D eigenvalue weighted by molar-refractivity contribution is 0.101. The molecule has 2 N–H and O–H groups in total. The molecule has 0 aliphatic carbocycles. The van der Waals surface area contributed by atoms with Crippen LogP contribution in [-0.4, -0.2) is 16.8 Å². The van der Waals surface area contributed by atoms with Gasteiger partial charge >= 0.3 is 0 Å². The first-order chi connectivity index (χ1) is 15.4. The topological polar surface area (TPSA) is 71.1 Å². The van der Waals surface area contributed by atoms with E-state index in [9.17, 15) is 9.59 Å². The van der Waals surface area contributed by atoms with Crippen molar-refractivity contribution in [1.82, 2.24) is 4.98 Å². The summed E-state index contributed by atoms with van der Waals surface area (Å²) < 4.78 is 0. The number of carbonyl (C=O) groups excluding carboxylic acids is 2. The van der Waals surface area contributed by atoms with Crippen molar-refractivity contribution in [2.75, 3.05) is 10.6 Å².